The van der Waals surface area contributed by atoms with Gasteiger partial charge in [0.25, 0.3) is 0 Å². The topological polar surface area (TPSA) is 377 Å². The molecule has 2 fully saturated rings. The maximum absolute atomic E-state index is 14.9. The monoisotopic (exact) mass is 1330 g/mol. The molecule has 4 atom stereocenters. The molecule has 27 nitrogen and oxygen atoms in total. The molecule has 0 aliphatic carbocycles. The standard InChI is InChI=1S/C24H25BFN5O8.C23H23BFN5O9.BBr3/c1-3-30-7-8-31(22(34)21(30)33)24(37)29-18(17-15(26)9-12(2)11-27-17)20(32)28-16-10-13-5-4-6-14(23(35)36)19(13)39-25(16)38;1-2-29-6-7-30(21(34)20(29)33)23(37)28-17(16-14(25)9-12(31)10-26-16)19(32)27-15-8-11-4-3-5-13(22(35)36)18(11)39-24(15)38;2-1(3)4/h4-6,9,11,16,18,38H,3,7-8,10H2,1-2H3,(H,28,32)(H,29,37)(H,35,36);3-5,9-10,15,17,31,38H,2,6-8H2,1H3,(H,27,32)(H,28,37)(H,35,36);/t16-,18?;15-,17?;/m00./s1. The second-order valence-corrected chi connectivity index (χ2v) is 24.4. The minimum atomic E-state index is -1.87. The summed E-state index contributed by atoms with van der Waals surface area (Å²) in [6, 6.07) is 4.47. The normalized spacial score (nSPS) is 17.2. The van der Waals surface area contributed by atoms with Crippen LogP contribution in [0.25, 0.3) is 0 Å². The van der Waals surface area contributed by atoms with Gasteiger partial charge in [-0.15, -0.1) is 47.3 Å². The first-order valence-electron chi connectivity index (χ1n) is 24.5. The van der Waals surface area contributed by atoms with Crippen LogP contribution in [0.15, 0.2) is 60.9 Å². The Hall–Kier alpha value is -7.75. The molecule has 9 N–H and O–H groups in total. The number of carboxylic acid groups (broad SMARTS) is 2. The lowest BCUT2D eigenvalue weighted by Crippen LogP contribution is -2.60. The van der Waals surface area contributed by atoms with E-state index < -0.39 is 126 Å². The number of carbonyl (C=O) groups is 10. The van der Waals surface area contributed by atoms with Crippen LogP contribution >= 0.6 is 47.3 Å². The molecular formula is C47H48B3Br3F2N10O17. The number of pyridine rings is 2. The highest BCUT2D eigenvalue weighted by Crippen LogP contribution is 2.32. The van der Waals surface area contributed by atoms with Crippen LogP contribution in [-0.4, -0.2) is 183 Å². The Balaban J connectivity index is 0.000000248. The van der Waals surface area contributed by atoms with Gasteiger partial charge in [-0.1, -0.05) is 24.3 Å². The van der Waals surface area contributed by atoms with Crippen molar-refractivity contribution >= 4 is 124 Å². The number of rotatable bonds is 12. The summed E-state index contributed by atoms with van der Waals surface area (Å²) >= 11 is 9.31. The molecule has 2 saturated heterocycles. The number of piperazine rings is 2. The van der Waals surface area contributed by atoms with Gasteiger partial charge in [-0.2, -0.15) is 0 Å². The minimum absolute atomic E-state index is 0.0419. The van der Waals surface area contributed by atoms with E-state index in [-0.39, 0.29) is 77.9 Å². The molecule has 0 radical (unpaired) electrons. The summed E-state index contributed by atoms with van der Waals surface area (Å²) in [6.07, 6.45) is 1.99. The van der Waals surface area contributed by atoms with Crippen molar-refractivity contribution in [1.82, 2.24) is 50.8 Å². The maximum Gasteiger partial charge on any atom is 0.547 e. The second-order valence-electron chi connectivity index (χ2n) is 18.0. The van der Waals surface area contributed by atoms with Crippen LogP contribution < -0.4 is 30.6 Å². The molecule has 8 rings (SSSR count). The number of nitrogens with zero attached hydrogens (tertiary/aromatic N) is 6. The molecule has 0 bridgehead atoms. The predicted octanol–water partition coefficient (Wildman–Crippen LogP) is 1.17. The van der Waals surface area contributed by atoms with Gasteiger partial charge in [-0.05, 0) is 68.5 Å². The predicted molar refractivity (Wildman–Crippen MR) is 293 cm³/mol. The molecule has 0 spiro atoms. The van der Waals surface area contributed by atoms with Crippen molar-refractivity contribution < 1.29 is 91.4 Å². The van der Waals surface area contributed by atoms with Crippen LogP contribution in [0, 0.1) is 18.6 Å². The van der Waals surface area contributed by atoms with Gasteiger partial charge in [0.1, 0.15) is 34.5 Å². The van der Waals surface area contributed by atoms with E-state index in [0.29, 0.717) is 32.6 Å². The Labute approximate surface area is 489 Å². The number of hydrogen-bond acceptors (Lipinski definition) is 17. The van der Waals surface area contributed by atoms with Crippen molar-refractivity contribution in [3.05, 3.63) is 112 Å². The van der Waals surface area contributed by atoms with Crippen LogP contribution in [0.4, 0.5) is 18.4 Å². The number of benzene rings is 2. The van der Waals surface area contributed by atoms with Crippen LogP contribution in [0.2, 0.25) is 0 Å². The number of urea groups is 2. The zero-order chi connectivity index (χ0) is 60.4. The summed E-state index contributed by atoms with van der Waals surface area (Å²) in [4.78, 5) is 136. The van der Waals surface area contributed by atoms with Crippen LogP contribution in [0.5, 0.6) is 17.2 Å². The van der Waals surface area contributed by atoms with Gasteiger partial charge in [-0.3, -0.25) is 48.5 Å². The van der Waals surface area contributed by atoms with Crippen molar-refractivity contribution in [2.75, 3.05) is 39.3 Å². The summed E-state index contributed by atoms with van der Waals surface area (Å²) < 4.78 is 40.6. The van der Waals surface area contributed by atoms with Gasteiger partial charge in [0.05, 0.1) is 29.2 Å². The number of aryl methyl sites for hydroxylation is 1. The zero-order valence-electron chi connectivity index (χ0n) is 43.2. The number of imide groups is 2. The van der Waals surface area contributed by atoms with Crippen molar-refractivity contribution in [3.63, 3.8) is 0 Å². The summed E-state index contributed by atoms with van der Waals surface area (Å²) in [6.45, 7) is 5.25. The molecule has 2 unspecified atom stereocenters. The van der Waals surface area contributed by atoms with E-state index in [1.807, 2.05) is 0 Å². The van der Waals surface area contributed by atoms with Gasteiger partial charge >= 0.3 is 65.1 Å². The molecule has 82 heavy (non-hydrogen) atoms. The largest absolute Gasteiger partial charge is 0.547 e. The minimum Gasteiger partial charge on any atom is -0.534 e. The summed E-state index contributed by atoms with van der Waals surface area (Å²) in [5.41, 5.74) is -0.253. The highest BCUT2D eigenvalue weighted by Gasteiger charge is 2.44. The molecule has 432 valence electrons. The molecule has 10 amide bonds. The van der Waals surface area contributed by atoms with Gasteiger partial charge in [0.2, 0.25) is 11.8 Å². The number of aromatic nitrogens is 2. The Bertz CT molecular complexity index is 2990. The van der Waals surface area contributed by atoms with E-state index in [1.54, 1.807) is 26.8 Å². The van der Waals surface area contributed by atoms with E-state index in [2.05, 4.69) is 78.5 Å². The third kappa shape index (κ3) is 15.0. The quantitative estimate of drug-likeness (QED) is 0.0710. The van der Waals surface area contributed by atoms with E-state index in [4.69, 9.17) is 9.31 Å². The fourth-order valence-corrected chi connectivity index (χ4v) is 8.63. The molecule has 4 aliphatic heterocycles. The van der Waals surface area contributed by atoms with Crippen molar-refractivity contribution in [2.45, 2.75) is 57.6 Å². The molecule has 6 heterocycles. The molecule has 4 aliphatic rings. The van der Waals surface area contributed by atoms with Gasteiger partial charge in [-0.25, -0.2) is 28.0 Å². The number of carboxylic acids is 2. The highest BCUT2D eigenvalue weighted by atomic mass is 79.9. The molecule has 2 aromatic heterocycles. The van der Waals surface area contributed by atoms with Crippen molar-refractivity contribution in [2.24, 2.45) is 0 Å². The van der Waals surface area contributed by atoms with Crippen LogP contribution in [0.3, 0.4) is 0 Å². The van der Waals surface area contributed by atoms with E-state index in [9.17, 15) is 82.1 Å². The first-order valence-corrected chi connectivity index (χ1v) is 27.2. The molecular weight excluding hydrogens is 1290 g/mol. The highest BCUT2D eigenvalue weighted by molar-refractivity contribution is 9.69. The van der Waals surface area contributed by atoms with Crippen LogP contribution in [-0.2, 0) is 41.6 Å². The number of aromatic carboxylic acids is 2. The van der Waals surface area contributed by atoms with E-state index in [0.717, 1.165) is 12.3 Å². The number of halogens is 5. The zero-order valence-corrected chi connectivity index (χ0v) is 47.9. The van der Waals surface area contributed by atoms with Crippen molar-refractivity contribution in [3.8, 4) is 17.2 Å². The summed E-state index contributed by atoms with van der Waals surface area (Å²) in [7, 11) is -3.38. The Morgan fingerprint density at radius 2 is 1.06 bits per heavy atom. The number of likely N-dealkylation sites (N-methyl/N-ethyl adjacent to an activating group) is 2. The molecule has 35 heteroatoms. The number of nitrogens with one attached hydrogen (secondary N) is 4. The third-order valence-corrected chi connectivity index (χ3v) is 12.7. The lowest BCUT2D eigenvalue weighted by molar-refractivity contribution is -0.153. The Morgan fingerprint density at radius 3 is 1.43 bits per heavy atom. The maximum atomic E-state index is 14.9. The third-order valence-electron chi connectivity index (χ3n) is 12.7. The lowest BCUT2D eigenvalue weighted by atomic mass is 9.72. The fraction of sp³-hybridized carbons (Fsp3) is 0.319. The number of hydrogen-bond donors (Lipinski definition) is 9. The number of amides is 10. The molecule has 2 aromatic carbocycles. The first-order chi connectivity index (χ1) is 38.8. The van der Waals surface area contributed by atoms with Crippen LogP contribution in [0.1, 0.15) is 74.7 Å². The number of carbonyl (C=O) groups excluding carboxylic acids is 8. The molecule has 4 aromatic rings. The van der Waals surface area contributed by atoms with Crippen molar-refractivity contribution in [1.29, 1.82) is 0 Å². The number of fused-ring (bicyclic) bond motifs is 2. The first kappa shape index (κ1) is 63.4. The molecule has 0 saturated carbocycles. The SMILES string of the molecule is BrB(Br)Br.CCN1CCN(C(=O)NC(C(=O)N[C@H]2Cc3cccc(C(=O)O)c3OB2O)c2ncc(C)cc2F)C(=O)C1=O.CCN1CCN(C(=O)NC(C(=O)N[C@H]2Cc3cccc(C(=O)O)c3OB2O)c2ncc(O)cc2F)C(=O)C1=O. The van der Waals surface area contributed by atoms with E-state index in [1.165, 1.54) is 46.3 Å². The summed E-state index contributed by atoms with van der Waals surface area (Å²) in [5.74, 6) is -13.7. The van der Waals surface area contributed by atoms with Gasteiger partial charge in [0.15, 0.2) is 17.9 Å². The Kier molecular flexibility index (Phi) is 21.5. The smallest absolute Gasteiger partial charge is 0.534 e. The van der Waals surface area contributed by atoms with Gasteiger partial charge < -0.3 is 65.7 Å². The van der Waals surface area contributed by atoms with E-state index >= 15 is 0 Å². The Morgan fingerprint density at radius 1 is 0.671 bits per heavy atom. The lowest BCUT2D eigenvalue weighted by Gasteiger charge is -2.33. The van der Waals surface area contributed by atoms with Gasteiger partial charge in [0, 0.05) is 51.5 Å². The second kappa shape index (κ2) is 27.8. The average molecular weight is 1340 g/mol. The fourth-order valence-electron chi connectivity index (χ4n) is 8.63. The number of para-hydroxylation sites is 2. The average Bonchev–Trinajstić information content (AvgIpc) is 3.32. The summed E-state index contributed by atoms with van der Waals surface area (Å²) in [5, 5.41) is 58.6. The number of aromatic hydroxyl groups is 1.